The van der Waals surface area contributed by atoms with Crippen molar-refractivity contribution in [3.05, 3.63) is 28.2 Å². The number of hydrogen-bond acceptors (Lipinski definition) is 3. The van der Waals surface area contributed by atoms with Crippen molar-refractivity contribution in [3.8, 4) is 0 Å². The molecule has 0 saturated carbocycles. The SMILES string of the molecule is CC(O)c1ccc(N(C)CCCN(C)C)c(Br)c1. The topological polar surface area (TPSA) is 26.7 Å². The fraction of sp³-hybridized carbons (Fsp3) is 0.571. The molecular weight excluding hydrogens is 292 g/mol. The molecule has 1 rings (SSSR count). The largest absolute Gasteiger partial charge is 0.389 e. The van der Waals surface area contributed by atoms with Crippen molar-refractivity contribution < 1.29 is 5.11 Å². The number of hydrogen-bond donors (Lipinski definition) is 1. The van der Waals surface area contributed by atoms with Crippen molar-refractivity contribution in [1.29, 1.82) is 0 Å². The van der Waals surface area contributed by atoms with Crippen LogP contribution in [-0.4, -0.2) is 44.2 Å². The van der Waals surface area contributed by atoms with Crippen molar-refractivity contribution in [3.63, 3.8) is 0 Å². The number of nitrogens with zero attached hydrogens (tertiary/aromatic N) is 2. The van der Waals surface area contributed by atoms with E-state index in [0.29, 0.717) is 0 Å². The van der Waals surface area contributed by atoms with Gasteiger partial charge in [0, 0.05) is 18.1 Å². The third kappa shape index (κ3) is 4.59. The van der Waals surface area contributed by atoms with Gasteiger partial charge in [0.05, 0.1) is 11.8 Å². The summed E-state index contributed by atoms with van der Waals surface area (Å²) >= 11 is 3.57. The highest BCUT2D eigenvalue weighted by Gasteiger charge is 2.08. The van der Waals surface area contributed by atoms with E-state index in [9.17, 15) is 5.11 Å². The minimum Gasteiger partial charge on any atom is -0.389 e. The first-order valence-electron chi connectivity index (χ1n) is 6.25. The first-order chi connectivity index (χ1) is 8.41. The molecule has 1 aromatic carbocycles. The van der Waals surface area contributed by atoms with Crippen molar-refractivity contribution in [1.82, 2.24) is 4.90 Å². The third-order valence-corrected chi connectivity index (χ3v) is 3.60. The summed E-state index contributed by atoms with van der Waals surface area (Å²) in [5.74, 6) is 0. The van der Waals surface area contributed by atoms with Crippen molar-refractivity contribution in [2.24, 2.45) is 0 Å². The Kier molecular flexibility index (Phi) is 6.12. The first kappa shape index (κ1) is 15.5. The molecular formula is C14H23BrN2O. The molecule has 0 aliphatic carbocycles. The Morgan fingerprint density at radius 3 is 2.39 bits per heavy atom. The molecule has 0 spiro atoms. The van der Waals surface area contributed by atoms with Gasteiger partial charge in [-0.05, 0) is 67.6 Å². The highest BCUT2D eigenvalue weighted by Crippen LogP contribution is 2.28. The van der Waals surface area contributed by atoms with Gasteiger partial charge in [-0.3, -0.25) is 0 Å². The summed E-state index contributed by atoms with van der Waals surface area (Å²) in [7, 11) is 6.28. The average molecular weight is 315 g/mol. The van der Waals surface area contributed by atoms with E-state index in [0.717, 1.165) is 35.2 Å². The lowest BCUT2D eigenvalue weighted by atomic mass is 10.1. The third-order valence-electron chi connectivity index (χ3n) is 2.96. The quantitative estimate of drug-likeness (QED) is 0.874. The fourth-order valence-corrected chi connectivity index (χ4v) is 2.54. The standard InChI is InChI=1S/C14H23BrN2O/c1-11(18)12-6-7-14(13(15)10-12)17(4)9-5-8-16(2)3/h6-7,10-11,18H,5,8-9H2,1-4H3. The number of benzene rings is 1. The maximum atomic E-state index is 9.54. The normalized spacial score (nSPS) is 12.8. The van der Waals surface area contributed by atoms with Crippen LogP contribution in [0.15, 0.2) is 22.7 Å². The van der Waals surface area contributed by atoms with Gasteiger partial charge in [-0.25, -0.2) is 0 Å². The Labute approximate surface area is 119 Å². The zero-order valence-corrected chi connectivity index (χ0v) is 13.2. The van der Waals surface area contributed by atoms with Crippen molar-refractivity contribution >= 4 is 21.6 Å². The Bertz CT molecular complexity index is 380. The van der Waals surface area contributed by atoms with Crippen LogP contribution in [0.4, 0.5) is 5.69 Å². The molecule has 1 atom stereocenters. The molecule has 1 unspecified atom stereocenters. The molecule has 1 N–H and O–H groups in total. The van der Waals surface area contributed by atoms with Crippen LogP contribution < -0.4 is 4.90 Å². The van der Waals surface area contributed by atoms with Gasteiger partial charge in [-0.1, -0.05) is 6.07 Å². The van der Waals surface area contributed by atoms with Gasteiger partial charge in [0.15, 0.2) is 0 Å². The van der Waals surface area contributed by atoms with E-state index in [1.165, 1.54) is 0 Å². The van der Waals surface area contributed by atoms with E-state index in [2.05, 4.69) is 52.9 Å². The summed E-state index contributed by atoms with van der Waals surface area (Å²) in [5, 5.41) is 9.54. The maximum Gasteiger partial charge on any atom is 0.0762 e. The molecule has 0 heterocycles. The first-order valence-corrected chi connectivity index (χ1v) is 7.04. The van der Waals surface area contributed by atoms with Crippen LogP contribution >= 0.6 is 15.9 Å². The monoisotopic (exact) mass is 314 g/mol. The summed E-state index contributed by atoms with van der Waals surface area (Å²) in [6.45, 7) is 3.89. The molecule has 0 amide bonds. The van der Waals surface area contributed by atoms with E-state index in [4.69, 9.17) is 0 Å². The maximum absolute atomic E-state index is 9.54. The second-order valence-electron chi connectivity index (χ2n) is 4.97. The summed E-state index contributed by atoms with van der Waals surface area (Å²) < 4.78 is 1.04. The highest BCUT2D eigenvalue weighted by molar-refractivity contribution is 9.10. The van der Waals surface area contributed by atoms with Crippen molar-refractivity contribution in [2.75, 3.05) is 39.1 Å². The van der Waals surface area contributed by atoms with Crippen molar-refractivity contribution in [2.45, 2.75) is 19.4 Å². The van der Waals surface area contributed by atoms with Gasteiger partial charge < -0.3 is 14.9 Å². The molecule has 0 aliphatic heterocycles. The lowest BCUT2D eigenvalue weighted by Crippen LogP contribution is -2.23. The molecule has 3 nitrogen and oxygen atoms in total. The second-order valence-corrected chi connectivity index (χ2v) is 5.82. The minimum absolute atomic E-state index is 0.422. The molecule has 0 bridgehead atoms. The van der Waals surface area contributed by atoms with Gasteiger partial charge >= 0.3 is 0 Å². The molecule has 4 heteroatoms. The zero-order chi connectivity index (χ0) is 13.7. The predicted molar refractivity (Wildman–Crippen MR) is 81.2 cm³/mol. The Morgan fingerprint density at radius 2 is 1.89 bits per heavy atom. The number of aliphatic hydroxyl groups is 1. The van der Waals surface area contributed by atoms with E-state index in [1.807, 2.05) is 12.1 Å². The van der Waals surface area contributed by atoms with E-state index in [-0.39, 0.29) is 0 Å². The molecule has 0 saturated heterocycles. The van der Waals surface area contributed by atoms with Gasteiger partial charge in [0.25, 0.3) is 0 Å². The summed E-state index contributed by atoms with van der Waals surface area (Å²) in [6.07, 6.45) is 0.711. The number of anilines is 1. The molecule has 18 heavy (non-hydrogen) atoms. The van der Waals surface area contributed by atoms with Crippen LogP contribution in [-0.2, 0) is 0 Å². The van der Waals surface area contributed by atoms with Crippen LogP contribution in [0, 0.1) is 0 Å². The summed E-state index contributed by atoms with van der Waals surface area (Å²) in [4.78, 5) is 4.43. The number of rotatable bonds is 6. The van der Waals surface area contributed by atoms with Gasteiger partial charge in [-0.2, -0.15) is 0 Å². The van der Waals surface area contributed by atoms with Gasteiger partial charge in [0.1, 0.15) is 0 Å². The molecule has 102 valence electrons. The van der Waals surface area contributed by atoms with Crippen LogP contribution in [0.2, 0.25) is 0 Å². The second kappa shape index (κ2) is 7.12. The van der Waals surface area contributed by atoms with Gasteiger partial charge in [-0.15, -0.1) is 0 Å². The van der Waals surface area contributed by atoms with Crippen LogP contribution in [0.25, 0.3) is 0 Å². The van der Waals surface area contributed by atoms with Gasteiger partial charge in [0.2, 0.25) is 0 Å². The van der Waals surface area contributed by atoms with Crippen LogP contribution in [0.5, 0.6) is 0 Å². The highest BCUT2D eigenvalue weighted by atomic mass is 79.9. The lowest BCUT2D eigenvalue weighted by molar-refractivity contribution is 0.199. The van der Waals surface area contributed by atoms with E-state index < -0.39 is 6.10 Å². The zero-order valence-electron chi connectivity index (χ0n) is 11.7. The fourth-order valence-electron chi connectivity index (χ4n) is 1.84. The number of halogens is 1. The predicted octanol–water partition coefficient (Wildman–Crippen LogP) is 2.89. The Hall–Kier alpha value is -0.580. The summed E-state index contributed by atoms with van der Waals surface area (Å²) in [6, 6.07) is 6.03. The average Bonchev–Trinajstić information content (AvgIpc) is 2.27. The van der Waals surface area contributed by atoms with Crippen LogP contribution in [0.1, 0.15) is 25.0 Å². The van der Waals surface area contributed by atoms with E-state index >= 15 is 0 Å². The Balaban J connectivity index is 2.65. The number of aliphatic hydroxyl groups excluding tert-OH is 1. The molecule has 0 aliphatic rings. The minimum atomic E-state index is -0.422. The van der Waals surface area contributed by atoms with E-state index in [1.54, 1.807) is 6.92 Å². The molecule has 0 fully saturated rings. The molecule has 0 aromatic heterocycles. The Morgan fingerprint density at radius 1 is 1.22 bits per heavy atom. The lowest BCUT2D eigenvalue weighted by Gasteiger charge is -2.22. The molecule has 0 radical (unpaired) electrons. The molecule has 1 aromatic rings. The summed E-state index contributed by atoms with van der Waals surface area (Å²) in [5.41, 5.74) is 2.10. The smallest absolute Gasteiger partial charge is 0.0762 e. The van der Waals surface area contributed by atoms with Crippen LogP contribution in [0.3, 0.4) is 0 Å².